The first-order chi connectivity index (χ1) is 16.0. The van der Waals surface area contributed by atoms with E-state index < -0.39 is 0 Å². The number of carbonyl (C=O) groups excluding carboxylic acids is 1. The number of nitrogens with one attached hydrogen (secondary N) is 1. The van der Waals surface area contributed by atoms with Gasteiger partial charge in [-0.25, -0.2) is 9.97 Å². The topological polar surface area (TPSA) is 97.4 Å². The summed E-state index contributed by atoms with van der Waals surface area (Å²) in [6.07, 6.45) is 0. The van der Waals surface area contributed by atoms with Gasteiger partial charge in [0.05, 0.1) is 34.8 Å². The van der Waals surface area contributed by atoms with Crippen LogP contribution in [0.1, 0.15) is 26.9 Å². The molecule has 9 heteroatoms. The molecule has 0 radical (unpaired) electrons. The van der Waals surface area contributed by atoms with Gasteiger partial charge in [-0.1, -0.05) is 12.1 Å². The molecule has 0 bridgehead atoms. The molecule has 4 rings (SSSR count). The molecule has 0 aliphatic carbocycles. The van der Waals surface area contributed by atoms with Crippen LogP contribution in [0.15, 0.2) is 58.7 Å². The van der Waals surface area contributed by atoms with Crippen molar-refractivity contribution in [2.24, 2.45) is 0 Å². The zero-order valence-corrected chi connectivity index (χ0v) is 19.2. The zero-order valence-electron chi connectivity index (χ0n) is 18.4. The Labute approximate surface area is 194 Å². The molecule has 0 unspecified atom stereocenters. The average molecular weight is 465 g/mol. The molecule has 0 spiro atoms. The average Bonchev–Trinajstić information content (AvgIpc) is 3.25. The molecule has 2 heterocycles. The SMILES string of the molecule is COCCN(Cc1nc2ccccc2c(=O)[nH]1)C(=O)c1ccc(OCc2csc(C)n2)cc1. The summed E-state index contributed by atoms with van der Waals surface area (Å²) in [5.41, 5.74) is 1.74. The number of H-pyrrole nitrogens is 1. The number of methoxy groups -OCH3 is 1. The van der Waals surface area contributed by atoms with Crippen LogP contribution >= 0.6 is 11.3 Å². The van der Waals surface area contributed by atoms with Gasteiger partial charge in [0.25, 0.3) is 11.5 Å². The van der Waals surface area contributed by atoms with Crippen LogP contribution in [0, 0.1) is 6.92 Å². The smallest absolute Gasteiger partial charge is 0.258 e. The highest BCUT2D eigenvalue weighted by molar-refractivity contribution is 7.09. The molecule has 0 saturated heterocycles. The number of hydrogen-bond acceptors (Lipinski definition) is 7. The number of aryl methyl sites for hydroxylation is 1. The van der Waals surface area contributed by atoms with Crippen molar-refractivity contribution < 1.29 is 14.3 Å². The Morgan fingerprint density at radius 2 is 1.91 bits per heavy atom. The van der Waals surface area contributed by atoms with Gasteiger partial charge in [-0.05, 0) is 43.3 Å². The number of rotatable bonds is 9. The van der Waals surface area contributed by atoms with E-state index in [-0.39, 0.29) is 18.0 Å². The number of fused-ring (bicyclic) bond motifs is 1. The Hall–Kier alpha value is -3.56. The van der Waals surface area contributed by atoms with Crippen LogP contribution in [0.5, 0.6) is 5.75 Å². The monoisotopic (exact) mass is 464 g/mol. The fraction of sp³-hybridized carbons (Fsp3) is 0.250. The predicted octanol–water partition coefficient (Wildman–Crippen LogP) is 3.56. The third kappa shape index (κ3) is 5.63. The number of hydrogen-bond donors (Lipinski definition) is 1. The zero-order chi connectivity index (χ0) is 23.2. The minimum atomic E-state index is -0.230. The van der Waals surface area contributed by atoms with Crippen LogP contribution in [0.25, 0.3) is 10.9 Å². The molecule has 2 aromatic heterocycles. The number of amides is 1. The molecule has 8 nitrogen and oxygen atoms in total. The number of thiazole rings is 1. The minimum Gasteiger partial charge on any atom is -0.487 e. The van der Waals surface area contributed by atoms with E-state index in [0.717, 1.165) is 10.7 Å². The van der Waals surface area contributed by atoms with Crippen LogP contribution in [-0.2, 0) is 17.9 Å². The first kappa shape index (κ1) is 22.6. The molecule has 0 aliphatic heterocycles. The number of aromatic nitrogens is 3. The van der Waals surface area contributed by atoms with E-state index in [4.69, 9.17) is 9.47 Å². The fourth-order valence-corrected chi connectivity index (χ4v) is 3.95. The molecule has 0 atom stereocenters. The van der Waals surface area contributed by atoms with Crippen LogP contribution in [0.2, 0.25) is 0 Å². The van der Waals surface area contributed by atoms with Crippen LogP contribution < -0.4 is 10.3 Å². The van der Waals surface area contributed by atoms with E-state index in [1.54, 1.807) is 65.8 Å². The Kier molecular flexibility index (Phi) is 7.11. The van der Waals surface area contributed by atoms with Crippen molar-refractivity contribution >= 4 is 28.1 Å². The normalized spacial score (nSPS) is 11.0. The molecule has 0 fully saturated rings. The highest BCUT2D eigenvalue weighted by atomic mass is 32.1. The van der Waals surface area contributed by atoms with Crippen molar-refractivity contribution in [1.29, 1.82) is 0 Å². The quantitative estimate of drug-likeness (QED) is 0.407. The van der Waals surface area contributed by atoms with Crippen molar-refractivity contribution in [3.05, 3.63) is 86.4 Å². The summed E-state index contributed by atoms with van der Waals surface area (Å²) in [5.74, 6) is 0.882. The highest BCUT2D eigenvalue weighted by Crippen LogP contribution is 2.17. The number of ether oxygens (including phenoxy) is 2. The number of nitrogens with zero attached hydrogens (tertiary/aromatic N) is 3. The number of benzene rings is 2. The third-order valence-corrected chi connectivity index (χ3v) is 5.83. The molecule has 2 aromatic carbocycles. The van der Waals surface area contributed by atoms with Gasteiger partial charge in [0.1, 0.15) is 18.2 Å². The lowest BCUT2D eigenvalue weighted by atomic mass is 10.2. The molecule has 1 amide bonds. The third-order valence-electron chi connectivity index (χ3n) is 5.01. The van der Waals surface area contributed by atoms with Gasteiger partial charge < -0.3 is 19.4 Å². The van der Waals surface area contributed by atoms with Gasteiger partial charge in [-0.2, -0.15) is 0 Å². The second-order valence-corrected chi connectivity index (χ2v) is 8.48. The lowest BCUT2D eigenvalue weighted by Gasteiger charge is -2.22. The summed E-state index contributed by atoms with van der Waals surface area (Å²) in [6, 6.07) is 14.1. The van der Waals surface area contributed by atoms with Gasteiger partial charge in [-0.15, -0.1) is 11.3 Å². The van der Waals surface area contributed by atoms with Gasteiger partial charge >= 0.3 is 0 Å². The second kappa shape index (κ2) is 10.4. The number of aromatic amines is 1. The molecular weight excluding hydrogens is 440 g/mol. The van der Waals surface area contributed by atoms with E-state index in [1.807, 2.05) is 18.4 Å². The van der Waals surface area contributed by atoms with E-state index in [2.05, 4.69) is 15.0 Å². The highest BCUT2D eigenvalue weighted by Gasteiger charge is 2.18. The first-order valence-corrected chi connectivity index (χ1v) is 11.3. The number of para-hydroxylation sites is 1. The Bertz CT molecular complexity index is 1300. The lowest BCUT2D eigenvalue weighted by molar-refractivity contribution is 0.0675. The van der Waals surface area contributed by atoms with Crippen molar-refractivity contribution in [2.75, 3.05) is 20.3 Å². The molecule has 0 aliphatic rings. The summed E-state index contributed by atoms with van der Waals surface area (Å²) in [6.45, 7) is 3.19. The van der Waals surface area contributed by atoms with Crippen molar-refractivity contribution in [1.82, 2.24) is 19.9 Å². The maximum Gasteiger partial charge on any atom is 0.258 e. The van der Waals surface area contributed by atoms with Crippen LogP contribution in [0.3, 0.4) is 0 Å². The molecule has 4 aromatic rings. The molecule has 1 N–H and O–H groups in total. The van der Waals surface area contributed by atoms with E-state index in [9.17, 15) is 9.59 Å². The predicted molar refractivity (Wildman–Crippen MR) is 127 cm³/mol. The maximum absolute atomic E-state index is 13.2. The fourth-order valence-electron chi connectivity index (χ4n) is 3.35. The van der Waals surface area contributed by atoms with E-state index >= 15 is 0 Å². The molecule has 0 saturated carbocycles. The van der Waals surface area contributed by atoms with Crippen molar-refractivity contribution in [3.8, 4) is 5.75 Å². The largest absolute Gasteiger partial charge is 0.487 e. The standard InChI is InChI=1S/C24H24N4O4S/c1-16-25-18(15-33-16)14-32-19-9-7-17(8-10-19)24(30)28(11-12-31-2)13-22-26-21-6-4-3-5-20(21)23(29)27-22/h3-10,15H,11-14H2,1-2H3,(H,26,27,29). The van der Waals surface area contributed by atoms with Crippen molar-refractivity contribution in [3.63, 3.8) is 0 Å². The Morgan fingerprint density at radius 3 is 2.64 bits per heavy atom. The summed E-state index contributed by atoms with van der Waals surface area (Å²) in [5, 5.41) is 3.47. The Balaban J connectivity index is 1.48. The van der Waals surface area contributed by atoms with Crippen molar-refractivity contribution in [2.45, 2.75) is 20.1 Å². The summed E-state index contributed by atoms with van der Waals surface area (Å²) in [7, 11) is 1.58. The van der Waals surface area contributed by atoms with Gasteiger partial charge in [0.15, 0.2) is 0 Å². The summed E-state index contributed by atoms with van der Waals surface area (Å²) >= 11 is 1.58. The molecular formula is C24H24N4O4S. The molecule has 33 heavy (non-hydrogen) atoms. The second-order valence-electron chi connectivity index (χ2n) is 7.42. The molecule has 170 valence electrons. The number of carbonyl (C=O) groups is 1. The summed E-state index contributed by atoms with van der Waals surface area (Å²) < 4.78 is 10.9. The maximum atomic E-state index is 13.2. The first-order valence-electron chi connectivity index (χ1n) is 10.4. The van der Waals surface area contributed by atoms with Gasteiger partial charge in [-0.3, -0.25) is 9.59 Å². The van der Waals surface area contributed by atoms with Crippen LogP contribution in [0.4, 0.5) is 0 Å². The lowest BCUT2D eigenvalue weighted by Crippen LogP contribution is -2.34. The van der Waals surface area contributed by atoms with Gasteiger partial charge in [0.2, 0.25) is 0 Å². The summed E-state index contributed by atoms with van der Waals surface area (Å²) in [4.78, 5) is 38.9. The van der Waals surface area contributed by atoms with E-state index in [1.165, 1.54) is 0 Å². The van der Waals surface area contributed by atoms with Gasteiger partial charge in [0, 0.05) is 24.6 Å². The van der Waals surface area contributed by atoms with Crippen LogP contribution in [-0.4, -0.2) is 46.0 Å². The minimum absolute atomic E-state index is 0.156. The van der Waals surface area contributed by atoms with E-state index in [0.29, 0.717) is 47.8 Å². The Morgan fingerprint density at radius 1 is 1.12 bits per heavy atom.